The largest absolute Gasteiger partial charge is 0.465 e. The van der Waals surface area contributed by atoms with Gasteiger partial charge in [0.1, 0.15) is 0 Å². The first-order chi connectivity index (χ1) is 10.2. The Bertz CT molecular complexity index is 447. The third-order valence-corrected chi connectivity index (χ3v) is 3.88. The van der Waals surface area contributed by atoms with Gasteiger partial charge in [-0.05, 0) is 37.2 Å². The van der Waals surface area contributed by atoms with E-state index in [1.165, 1.54) is 12.7 Å². The van der Waals surface area contributed by atoms with Crippen LogP contribution in [0.15, 0.2) is 24.3 Å². The van der Waals surface area contributed by atoms with Crippen LogP contribution in [0.3, 0.4) is 0 Å². The minimum Gasteiger partial charge on any atom is -0.465 e. The Morgan fingerprint density at radius 1 is 1.14 bits per heavy atom. The number of β-amino-alcohol motifs (C(OH)–C–C–N with tert-alkyl or cyclic N) is 1. The molecule has 0 atom stereocenters. The van der Waals surface area contributed by atoms with Crippen molar-refractivity contribution in [2.45, 2.75) is 13.0 Å². The second-order valence-electron chi connectivity index (χ2n) is 5.38. The van der Waals surface area contributed by atoms with Crippen LogP contribution in [0, 0.1) is 0 Å². The Balaban J connectivity index is 1.88. The Kier molecular flexibility index (Phi) is 6.17. The maximum absolute atomic E-state index is 11.4. The summed E-state index contributed by atoms with van der Waals surface area (Å²) in [5, 5.41) is 9.01. The molecule has 0 spiro atoms. The number of rotatable bonds is 5. The van der Waals surface area contributed by atoms with Gasteiger partial charge >= 0.3 is 5.97 Å². The molecule has 5 nitrogen and oxygen atoms in total. The van der Waals surface area contributed by atoms with Gasteiger partial charge in [-0.15, -0.1) is 0 Å². The van der Waals surface area contributed by atoms with Gasteiger partial charge in [-0.3, -0.25) is 9.80 Å². The van der Waals surface area contributed by atoms with E-state index in [0.29, 0.717) is 5.56 Å². The summed E-state index contributed by atoms with van der Waals surface area (Å²) >= 11 is 0. The van der Waals surface area contributed by atoms with Crippen LogP contribution in [0.4, 0.5) is 0 Å². The van der Waals surface area contributed by atoms with Crippen LogP contribution in [-0.2, 0) is 11.3 Å². The van der Waals surface area contributed by atoms with Crippen LogP contribution < -0.4 is 0 Å². The van der Waals surface area contributed by atoms with Crippen molar-refractivity contribution >= 4 is 5.97 Å². The number of methoxy groups -OCH3 is 1. The van der Waals surface area contributed by atoms with Crippen LogP contribution in [-0.4, -0.2) is 67.3 Å². The minimum atomic E-state index is -0.295. The lowest BCUT2D eigenvalue weighted by molar-refractivity contribution is 0.0600. The topological polar surface area (TPSA) is 53.0 Å². The highest BCUT2D eigenvalue weighted by Gasteiger charge is 2.14. The van der Waals surface area contributed by atoms with E-state index in [9.17, 15) is 4.79 Å². The van der Waals surface area contributed by atoms with E-state index in [1.807, 2.05) is 24.3 Å². The molecule has 1 N–H and O–H groups in total. The molecular formula is C16H24N2O3. The highest BCUT2D eigenvalue weighted by Crippen LogP contribution is 2.11. The fourth-order valence-corrected chi connectivity index (χ4v) is 2.67. The summed E-state index contributed by atoms with van der Waals surface area (Å²) in [6.45, 7) is 6.03. The number of aliphatic hydroxyl groups excluding tert-OH is 1. The highest BCUT2D eigenvalue weighted by atomic mass is 16.5. The molecule has 2 rings (SSSR count). The molecule has 116 valence electrons. The van der Waals surface area contributed by atoms with E-state index in [0.717, 1.165) is 45.7 Å². The van der Waals surface area contributed by atoms with Crippen molar-refractivity contribution in [2.75, 3.05) is 46.4 Å². The summed E-state index contributed by atoms with van der Waals surface area (Å²) in [5.41, 5.74) is 1.80. The molecule has 0 aliphatic carbocycles. The Morgan fingerprint density at radius 2 is 1.81 bits per heavy atom. The average molecular weight is 292 g/mol. The van der Waals surface area contributed by atoms with E-state index in [2.05, 4.69) is 9.80 Å². The van der Waals surface area contributed by atoms with Gasteiger partial charge < -0.3 is 9.84 Å². The van der Waals surface area contributed by atoms with Crippen LogP contribution in [0.2, 0.25) is 0 Å². The molecule has 1 fully saturated rings. The predicted molar refractivity (Wildman–Crippen MR) is 81.2 cm³/mol. The predicted octanol–water partition coefficient (Wildman–Crippen LogP) is 0.973. The second-order valence-corrected chi connectivity index (χ2v) is 5.38. The van der Waals surface area contributed by atoms with Gasteiger partial charge in [-0.1, -0.05) is 12.1 Å². The lowest BCUT2D eigenvalue weighted by Crippen LogP contribution is -2.32. The van der Waals surface area contributed by atoms with Crippen LogP contribution in [0.1, 0.15) is 22.3 Å². The normalized spacial score (nSPS) is 17.4. The Labute approximate surface area is 126 Å². The average Bonchev–Trinajstić information content (AvgIpc) is 2.73. The monoisotopic (exact) mass is 292 g/mol. The number of nitrogens with zero attached hydrogens (tertiary/aromatic N) is 2. The first-order valence-electron chi connectivity index (χ1n) is 7.46. The number of hydrogen-bond acceptors (Lipinski definition) is 5. The van der Waals surface area contributed by atoms with Crippen molar-refractivity contribution in [3.8, 4) is 0 Å². The smallest absolute Gasteiger partial charge is 0.337 e. The van der Waals surface area contributed by atoms with Crippen molar-refractivity contribution in [1.82, 2.24) is 9.80 Å². The lowest BCUT2D eigenvalue weighted by Gasteiger charge is -2.21. The zero-order valence-corrected chi connectivity index (χ0v) is 12.6. The second kappa shape index (κ2) is 8.12. The molecule has 0 amide bonds. The highest BCUT2D eigenvalue weighted by molar-refractivity contribution is 5.89. The van der Waals surface area contributed by atoms with E-state index >= 15 is 0 Å². The molecule has 1 aliphatic heterocycles. The van der Waals surface area contributed by atoms with E-state index in [-0.39, 0.29) is 12.6 Å². The SMILES string of the molecule is COC(=O)c1ccc(CN2CCCN(CCO)CC2)cc1. The Morgan fingerprint density at radius 3 is 2.48 bits per heavy atom. The number of aliphatic hydroxyl groups is 1. The van der Waals surface area contributed by atoms with Gasteiger partial charge in [-0.2, -0.15) is 0 Å². The van der Waals surface area contributed by atoms with E-state index in [4.69, 9.17) is 9.84 Å². The van der Waals surface area contributed by atoms with Crippen LogP contribution in [0.5, 0.6) is 0 Å². The molecule has 21 heavy (non-hydrogen) atoms. The molecule has 1 aromatic carbocycles. The first-order valence-corrected chi connectivity index (χ1v) is 7.46. The molecule has 1 aromatic rings. The van der Waals surface area contributed by atoms with Gasteiger partial charge in [0.25, 0.3) is 0 Å². The molecule has 5 heteroatoms. The van der Waals surface area contributed by atoms with Crippen molar-refractivity contribution in [3.63, 3.8) is 0 Å². The lowest BCUT2D eigenvalue weighted by atomic mass is 10.1. The summed E-state index contributed by atoms with van der Waals surface area (Å²) in [6, 6.07) is 7.61. The molecule has 0 aromatic heterocycles. The molecule has 0 saturated carbocycles. The molecule has 1 saturated heterocycles. The summed E-state index contributed by atoms with van der Waals surface area (Å²) < 4.78 is 4.70. The summed E-state index contributed by atoms with van der Waals surface area (Å²) in [5.74, 6) is -0.295. The quantitative estimate of drug-likeness (QED) is 0.820. The van der Waals surface area contributed by atoms with Crippen molar-refractivity contribution in [1.29, 1.82) is 0 Å². The third kappa shape index (κ3) is 4.81. The maximum atomic E-state index is 11.4. The number of esters is 1. The fourth-order valence-electron chi connectivity index (χ4n) is 2.67. The molecule has 1 aliphatic rings. The summed E-state index contributed by atoms with van der Waals surface area (Å²) in [7, 11) is 1.39. The van der Waals surface area contributed by atoms with Crippen molar-refractivity contribution in [2.24, 2.45) is 0 Å². The fraction of sp³-hybridized carbons (Fsp3) is 0.562. The van der Waals surface area contributed by atoms with Gasteiger partial charge in [0.2, 0.25) is 0 Å². The summed E-state index contributed by atoms with van der Waals surface area (Å²) in [4.78, 5) is 16.1. The van der Waals surface area contributed by atoms with Crippen molar-refractivity contribution in [3.05, 3.63) is 35.4 Å². The Hall–Kier alpha value is -1.43. The third-order valence-electron chi connectivity index (χ3n) is 3.88. The van der Waals surface area contributed by atoms with E-state index < -0.39 is 0 Å². The van der Waals surface area contributed by atoms with Crippen LogP contribution in [0.25, 0.3) is 0 Å². The number of carbonyl (C=O) groups is 1. The van der Waals surface area contributed by atoms with Crippen molar-refractivity contribution < 1.29 is 14.6 Å². The van der Waals surface area contributed by atoms with Gasteiger partial charge in [-0.25, -0.2) is 4.79 Å². The number of hydrogen-bond donors (Lipinski definition) is 1. The number of benzene rings is 1. The minimum absolute atomic E-state index is 0.231. The summed E-state index contributed by atoms with van der Waals surface area (Å²) in [6.07, 6.45) is 1.13. The van der Waals surface area contributed by atoms with E-state index in [1.54, 1.807) is 0 Å². The van der Waals surface area contributed by atoms with Gasteiger partial charge in [0.15, 0.2) is 0 Å². The first kappa shape index (κ1) is 15.9. The van der Waals surface area contributed by atoms with Crippen LogP contribution >= 0.6 is 0 Å². The standard InChI is InChI=1S/C16H24N2O3/c1-21-16(20)15-5-3-14(4-6-15)13-18-8-2-7-17(9-10-18)11-12-19/h3-6,19H,2,7-13H2,1H3. The number of ether oxygens (including phenoxy) is 1. The molecular weight excluding hydrogens is 268 g/mol. The van der Waals surface area contributed by atoms with Gasteiger partial charge in [0.05, 0.1) is 19.3 Å². The molecule has 0 radical (unpaired) electrons. The van der Waals surface area contributed by atoms with Gasteiger partial charge in [0, 0.05) is 26.2 Å². The molecule has 1 heterocycles. The molecule has 0 unspecified atom stereocenters. The number of carbonyl (C=O) groups excluding carboxylic acids is 1. The zero-order chi connectivity index (χ0) is 15.1. The molecule has 0 bridgehead atoms. The maximum Gasteiger partial charge on any atom is 0.337 e. The zero-order valence-electron chi connectivity index (χ0n) is 12.6.